The van der Waals surface area contributed by atoms with Crippen molar-refractivity contribution in [2.24, 2.45) is 0 Å². The Bertz CT molecular complexity index is 816. The highest BCUT2D eigenvalue weighted by atomic mass is 16.6. The van der Waals surface area contributed by atoms with Crippen LogP contribution in [-0.4, -0.2) is 36.0 Å². The first-order valence-electron chi connectivity index (χ1n) is 7.36. The Morgan fingerprint density at radius 2 is 1.80 bits per heavy atom. The van der Waals surface area contributed by atoms with Gasteiger partial charge in [-0.2, -0.15) is 0 Å². The summed E-state index contributed by atoms with van der Waals surface area (Å²) in [6, 6.07) is 11.0. The van der Waals surface area contributed by atoms with Crippen molar-refractivity contribution < 1.29 is 19.6 Å². The molecule has 8 nitrogen and oxygen atoms in total. The largest absolute Gasteiger partial charge is 0.477 e. The summed E-state index contributed by atoms with van der Waals surface area (Å²) in [6.45, 7) is 0.175. The van der Waals surface area contributed by atoms with Gasteiger partial charge in [-0.1, -0.05) is 18.2 Å². The van der Waals surface area contributed by atoms with E-state index in [1.807, 2.05) is 43.3 Å². The van der Waals surface area contributed by atoms with Gasteiger partial charge in [0.2, 0.25) is 0 Å². The van der Waals surface area contributed by atoms with Crippen LogP contribution in [0.15, 0.2) is 42.5 Å². The molecule has 0 saturated carbocycles. The van der Waals surface area contributed by atoms with Crippen LogP contribution in [0.2, 0.25) is 0 Å². The van der Waals surface area contributed by atoms with Crippen molar-refractivity contribution >= 4 is 23.3 Å². The van der Waals surface area contributed by atoms with Gasteiger partial charge in [-0.15, -0.1) is 0 Å². The molecule has 0 aliphatic rings. The van der Waals surface area contributed by atoms with Crippen LogP contribution in [0.5, 0.6) is 0 Å². The van der Waals surface area contributed by atoms with Gasteiger partial charge in [-0.05, 0) is 23.8 Å². The zero-order valence-corrected chi connectivity index (χ0v) is 13.7. The Balaban J connectivity index is 2.19. The smallest absolute Gasteiger partial charge is 0.343 e. The Hall–Kier alpha value is -3.42. The Labute approximate surface area is 143 Å². The maximum atomic E-state index is 12.3. The fraction of sp³-hybridized carbons (Fsp3) is 0.176. The predicted octanol–water partition coefficient (Wildman–Crippen LogP) is 2.29. The van der Waals surface area contributed by atoms with E-state index in [2.05, 4.69) is 5.32 Å². The minimum atomic E-state index is -1.52. The van der Waals surface area contributed by atoms with Crippen LogP contribution in [0.25, 0.3) is 0 Å². The molecule has 0 heterocycles. The minimum Gasteiger partial charge on any atom is -0.477 e. The number of carboxylic acid groups (broad SMARTS) is 1. The first-order valence-corrected chi connectivity index (χ1v) is 7.36. The molecule has 0 aromatic heterocycles. The average Bonchev–Trinajstić information content (AvgIpc) is 2.59. The molecule has 2 rings (SSSR count). The van der Waals surface area contributed by atoms with Crippen LogP contribution >= 0.6 is 0 Å². The molecule has 130 valence electrons. The van der Waals surface area contributed by atoms with E-state index in [0.717, 1.165) is 17.3 Å². The number of rotatable bonds is 6. The molecule has 8 heteroatoms. The van der Waals surface area contributed by atoms with Gasteiger partial charge in [-0.3, -0.25) is 14.9 Å². The maximum absolute atomic E-state index is 12.3. The van der Waals surface area contributed by atoms with Crippen molar-refractivity contribution in [2.75, 3.05) is 19.0 Å². The van der Waals surface area contributed by atoms with Gasteiger partial charge in [0.05, 0.1) is 10.5 Å². The van der Waals surface area contributed by atoms with Crippen LogP contribution in [0.1, 0.15) is 26.3 Å². The number of amides is 1. The summed E-state index contributed by atoms with van der Waals surface area (Å²) in [7, 11) is 3.82. The summed E-state index contributed by atoms with van der Waals surface area (Å²) in [5.74, 6) is -2.20. The molecular weight excluding hydrogens is 326 g/mol. The second kappa shape index (κ2) is 7.43. The molecule has 0 atom stereocenters. The van der Waals surface area contributed by atoms with Crippen molar-refractivity contribution in [1.82, 2.24) is 5.32 Å². The van der Waals surface area contributed by atoms with Crippen LogP contribution in [-0.2, 0) is 6.54 Å². The highest BCUT2D eigenvalue weighted by molar-refractivity contribution is 6.07. The van der Waals surface area contributed by atoms with E-state index in [0.29, 0.717) is 0 Å². The SMILES string of the molecule is CN(C)c1ccc(CNC(=O)c2cccc([N+](=O)[O-])c2C(=O)O)cc1. The molecule has 0 radical (unpaired) electrons. The lowest BCUT2D eigenvalue weighted by atomic mass is 10.0. The normalized spacial score (nSPS) is 10.2. The van der Waals surface area contributed by atoms with Crippen molar-refractivity contribution in [3.05, 3.63) is 69.3 Å². The number of hydrogen-bond donors (Lipinski definition) is 2. The molecule has 2 aromatic rings. The number of nitrogens with zero attached hydrogens (tertiary/aromatic N) is 2. The standard InChI is InChI=1S/C17H17N3O5/c1-19(2)12-8-6-11(7-9-12)10-18-16(21)13-4-3-5-14(20(24)25)15(13)17(22)23/h3-9H,10H2,1-2H3,(H,18,21)(H,22,23). The second-order valence-electron chi connectivity index (χ2n) is 5.51. The number of hydrogen-bond acceptors (Lipinski definition) is 5. The molecule has 1 amide bonds. The van der Waals surface area contributed by atoms with Gasteiger partial charge in [0, 0.05) is 32.4 Å². The van der Waals surface area contributed by atoms with Gasteiger partial charge in [0.25, 0.3) is 11.6 Å². The zero-order valence-electron chi connectivity index (χ0n) is 13.7. The molecule has 0 unspecified atom stereocenters. The molecule has 2 N–H and O–H groups in total. The van der Waals surface area contributed by atoms with Gasteiger partial charge in [0.1, 0.15) is 5.56 Å². The molecule has 0 aliphatic carbocycles. The van der Waals surface area contributed by atoms with E-state index >= 15 is 0 Å². The van der Waals surface area contributed by atoms with Crippen molar-refractivity contribution in [3.63, 3.8) is 0 Å². The fourth-order valence-corrected chi connectivity index (χ4v) is 2.30. The molecule has 25 heavy (non-hydrogen) atoms. The third kappa shape index (κ3) is 4.11. The van der Waals surface area contributed by atoms with Crippen molar-refractivity contribution in [2.45, 2.75) is 6.54 Å². The highest BCUT2D eigenvalue weighted by Gasteiger charge is 2.26. The third-order valence-corrected chi connectivity index (χ3v) is 3.60. The monoisotopic (exact) mass is 343 g/mol. The maximum Gasteiger partial charge on any atom is 0.343 e. The fourth-order valence-electron chi connectivity index (χ4n) is 2.30. The number of carbonyl (C=O) groups is 2. The second-order valence-corrected chi connectivity index (χ2v) is 5.51. The van der Waals surface area contributed by atoms with Gasteiger partial charge in [0.15, 0.2) is 0 Å². The lowest BCUT2D eigenvalue weighted by Crippen LogP contribution is -2.25. The van der Waals surface area contributed by atoms with Crippen LogP contribution < -0.4 is 10.2 Å². The zero-order chi connectivity index (χ0) is 18.6. The lowest BCUT2D eigenvalue weighted by Gasteiger charge is -2.13. The number of carboxylic acids is 1. The molecule has 0 fully saturated rings. The summed E-state index contributed by atoms with van der Waals surface area (Å²) in [5.41, 5.74) is 0.346. The van der Waals surface area contributed by atoms with Gasteiger partial charge in [-0.25, -0.2) is 4.79 Å². The van der Waals surface area contributed by atoms with E-state index < -0.39 is 28.1 Å². The number of nitrogens with one attached hydrogen (secondary N) is 1. The van der Waals surface area contributed by atoms with Crippen molar-refractivity contribution in [3.8, 4) is 0 Å². The molecular formula is C17H17N3O5. The van der Waals surface area contributed by atoms with E-state index in [1.54, 1.807) is 0 Å². The summed E-state index contributed by atoms with van der Waals surface area (Å²) in [5, 5.41) is 22.8. The number of anilines is 1. The van der Waals surface area contributed by atoms with E-state index in [9.17, 15) is 24.8 Å². The predicted molar refractivity (Wildman–Crippen MR) is 92.0 cm³/mol. The van der Waals surface area contributed by atoms with Crippen LogP contribution in [0.4, 0.5) is 11.4 Å². The van der Waals surface area contributed by atoms with Crippen LogP contribution in [0, 0.1) is 10.1 Å². The van der Waals surface area contributed by atoms with E-state index in [-0.39, 0.29) is 12.1 Å². The summed E-state index contributed by atoms with van der Waals surface area (Å²) in [4.78, 5) is 35.7. The number of carbonyl (C=O) groups excluding carboxylic acids is 1. The number of aromatic carboxylic acids is 1. The topological polar surface area (TPSA) is 113 Å². The van der Waals surface area contributed by atoms with Gasteiger partial charge < -0.3 is 15.3 Å². The summed E-state index contributed by atoms with van der Waals surface area (Å²) < 4.78 is 0. The molecule has 0 spiro atoms. The summed E-state index contributed by atoms with van der Waals surface area (Å²) in [6.07, 6.45) is 0. The van der Waals surface area contributed by atoms with Gasteiger partial charge >= 0.3 is 5.97 Å². The molecule has 0 bridgehead atoms. The van der Waals surface area contributed by atoms with Crippen LogP contribution in [0.3, 0.4) is 0 Å². The molecule has 0 aliphatic heterocycles. The quantitative estimate of drug-likeness (QED) is 0.614. The Kier molecular flexibility index (Phi) is 5.33. The van der Waals surface area contributed by atoms with Crippen molar-refractivity contribution in [1.29, 1.82) is 0 Å². The van der Waals surface area contributed by atoms with E-state index in [1.165, 1.54) is 12.1 Å². The average molecular weight is 343 g/mol. The third-order valence-electron chi connectivity index (χ3n) is 3.60. The number of nitro benzene ring substituents is 1. The number of nitro groups is 1. The van der Waals surface area contributed by atoms with E-state index in [4.69, 9.17) is 0 Å². The lowest BCUT2D eigenvalue weighted by molar-refractivity contribution is -0.385. The summed E-state index contributed by atoms with van der Waals surface area (Å²) >= 11 is 0. The molecule has 2 aromatic carbocycles. The minimum absolute atomic E-state index is 0.175. The highest BCUT2D eigenvalue weighted by Crippen LogP contribution is 2.22. The number of benzene rings is 2. The Morgan fingerprint density at radius 1 is 1.16 bits per heavy atom. The molecule has 0 saturated heterocycles. The Morgan fingerprint density at radius 3 is 2.32 bits per heavy atom. The first-order chi connectivity index (χ1) is 11.8. The first kappa shape index (κ1) is 17.9.